The number of anilines is 1. The molecule has 4 aromatic carbocycles. The molecule has 0 saturated heterocycles. The Hall–Kier alpha value is -4.48. The van der Waals surface area contributed by atoms with E-state index >= 15 is 0 Å². The second-order valence-electron chi connectivity index (χ2n) is 12.4. The lowest BCUT2D eigenvalue weighted by Crippen LogP contribution is -2.50. The summed E-state index contributed by atoms with van der Waals surface area (Å²) < 4.78 is 0. The SMILES string of the molecule is CC.CC.Cc1ccccc1C(NC(N)C1=CC=C(c2ccc(C3NC(C4=CC=CC4)N(C)c4ccccc43)cc2)CC1)c1ccccc1. The minimum atomic E-state index is -0.233. The fourth-order valence-corrected chi connectivity index (χ4v) is 7.10. The highest BCUT2D eigenvalue weighted by atomic mass is 15.3. The average Bonchev–Trinajstić information content (AvgIpc) is 3.72. The molecule has 4 aromatic rings. The lowest BCUT2D eigenvalue weighted by Gasteiger charge is -2.42. The highest BCUT2D eigenvalue weighted by Crippen LogP contribution is 2.39. The van der Waals surface area contributed by atoms with Crippen LogP contribution in [0.1, 0.15) is 92.4 Å². The second-order valence-corrected chi connectivity index (χ2v) is 12.4. The predicted octanol–water partition coefficient (Wildman–Crippen LogP) is 10.2. The first-order chi connectivity index (χ1) is 24.1. The third-order valence-electron chi connectivity index (χ3n) is 9.67. The predicted molar refractivity (Wildman–Crippen MR) is 210 cm³/mol. The third kappa shape index (κ3) is 8.05. The maximum atomic E-state index is 6.84. The molecule has 4 atom stereocenters. The number of para-hydroxylation sites is 1. The zero-order chi connectivity index (χ0) is 34.8. The van der Waals surface area contributed by atoms with Crippen LogP contribution in [0.15, 0.2) is 145 Å². The molecule has 0 radical (unpaired) electrons. The van der Waals surface area contributed by atoms with E-state index in [-0.39, 0.29) is 24.4 Å². The summed E-state index contributed by atoms with van der Waals surface area (Å²) in [5, 5.41) is 7.71. The van der Waals surface area contributed by atoms with Crippen molar-refractivity contribution in [2.75, 3.05) is 11.9 Å². The molecular formula is C45H54N4. The molecule has 3 aliphatic rings. The Morgan fingerprint density at radius 3 is 2.14 bits per heavy atom. The highest BCUT2D eigenvalue weighted by molar-refractivity contribution is 5.70. The van der Waals surface area contributed by atoms with Crippen molar-refractivity contribution >= 4 is 11.3 Å². The van der Waals surface area contributed by atoms with Crippen LogP contribution in [0.2, 0.25) is 0 Å². The van der Waals surface area contributed by atoms with E-state index in [0.29, 0.717) is 0 Å². The highest BCUT2D eigenvalue weighted by Gasteiger charge is 2.32. The molecule has 49 heavy (non-hydrogen) atoms. The van der Waals surface area contributed by atoms with Gasteiger partial charge in [-0.1, -0.05) is 155 Å². The number of benzene rings is 4. The molecule has 4 nitrogen and oxygen atoms in total. The van der Waals surface area contributed by atoms with Crippen LogP contribution in [-0.2, 0) is 0 Å². The van der Waals surface area contributed by atoms with Gasteiger partial charge in [0.15, 0.2) is 0 Å². The zero-order valence-electron chi connectivity index (χ0n) is 30.2. The number of aryl methyl sites for hydroxylation is 1. The largest absolute Gasteiger partial charge is 0.355 e. The molecule has 1 heterocycles. The molecule has 0 saturated carbocycles. The van der Waals surface area contributed by atoms with Gasteiger partial charge in [-0.25, -0.2) is 0 Å². The molecule has 2 aliphatic carbocycles. The Kier molecular flexibility index (Phi) is 12.6. The molecule has 0 spiro atoms. The quantitative estimate of drug-likeness (QED) is 0.166. The van der Waals surface area contributed by atoms with Crippen LogP contribution < -0.4 is 21.3 Å². The number of likely N-dealkylation sites (N-methyl/N-ethyl adjacent to an activating group) is 1. The van der Waals surface area contributed by atoms with Crippen LogP contribution in [0.5, 0.6) is 0 Å². The van der Waals surface area contributed by atoms with Crippen LogP contribution in [0.3, 0.4) is 0 Å². The van der Waals surface area contributed by atoms with Crippen molar-refractivity contribution < 1.29 is 0 Å². The summed E-state index contributed by atoms with van der Waals surface area (Å²) in [6.45, 7) is 10.2. The number of allylic oxidation sites excluding steroid dienone is 6. The molecule has 0 aromatic heterocycles. The second kappa shape index (κ2) is 17.3. The van der Waals surface area contributed by atoms with Crippen LogP contribution in [0.4, 0.5) is 5.69 Å². The van der Waals surface area contributed by atoms with Gasteiger partial charge in [0.05, 0.1) is 18.2 Å². The maximum absolute atomic E-state index is 6.84. The minimum absolute atomic E-state index is 0.0281. The van der Waals surface area contributed by atoms with Gasteiger partial charge in [-0.2, -0.15) is 0 Å². The molecule has 4 N–H and O–H groups in total. The van der Waals surface area contributed by atoms with Crippen molar-refractivity contribution in [3.05, 3.63) is 178 Å². The first-order valence-corrected chi connectivity index (χ1v) is 18.1. The molecule has 0 fully saturated rings. The number of nitrogens with two attached hydrogens (primary N) is 1. The van der Waals surface area contributed by atoms with Crippen molar-refractivity contribution in [1.29, 1.82) is 0 Å². The number of hydrogen-bond acceptors (Lipinski definition) is 4. The Labute approximate surface area is 295 Å². The summed E-state index contributed by atoms with van der Waals surface area (Å²) in [6.07, 6.45) is 14.0. The Balaban J connectivity index is 0.00000113. The number of nitrogens with zero attached hydrogens (tertiary/aromatic N) is 1. The van der Waals surface area contributed by atoms with E-state index in [1.54, 1.807) is 0 Å². The summed E-state index contributed by atoms with van der Waals surface area (Å²) in [5.74, 6) is 0. The Bertz CT molecular complexity index is 1780. The fraction of sp³-hybridized carbons (Fsp3) is 0.289. The van der Waals surface area contributed by atoms with Crippen LogP contribution in [0, 0.1) is 6.92 Å². The zero-order valence-corrected chi connectivity index (χ0v) is 30.2. The smallest absolute Gasteiger partial charge is 0.103 e. The normalized spacial score (nSPS) is 19.2. The maximum Gasteiger partial charge on any atom is 0.103 e. The molecule has 1 aliphatic heterocycles. The topological polar surface area (TPSA) is 53.3 Å². The minimum Gasteiger partial charge on any atom is -0.355 e. The Morgan fingerprint density at radius 1 is 0.776 bits per heavy atom. The van der Waals surface area contributed by atoms with E-state index in [4.69, 9.17) is 5.73 Å². The summed E-state index contributed by atoms with van der Waals surface area (Å²) in [5.41, 5.74) is 19.8. The summed E-state index contributed by atoms with van der Waals surface area (Å²) in [6, 6.07) is 37.3. The van der Waals surface area contributed by atoms with Gasteiger partial charge >= 0.3 is 0 Å². The lowest BCUT2D eigenvalue weighted by atomic mass is 9.88. The number of fused-ring (bicyclic) bond motifs is 1. The van der Waals surface area contributed by atoms with E-state index in [1.807, 2.05) is 27.7 Å². The molecule has 7 rings (SSSR count). The van der Waals surface area contributed by atoms with Crippen LogP contribution in [-0.4, -0.2) is 19.4 Å². The Morgan fingerprint density at radius 2 is 1.47 bits per heavy atom. The summed E-state index contributed by atoms with van der Waals surface area (Å²) in [4.78, 5) is 2.37. The molecule has 4 heteroatoms. The van der Waals surface area contributed by atoms with Crippen molar-refractivity contribution in [2.24, 2.45) is 5.73 Å². The molecular weight excluding hydrogens is 597 g/mol. The summed E-state index contributed by atoms with van der Waals surface area (Å²) >= 11 is 0. The van der Waals surface area contributed by atoms with E-state index in [9.17, 15) is 0 Å². The molecule has 254 valence electrons. The van der Waals surface area contributed by atoms with Gasteiger partial charge in [-0.3, -0.25) is 10.6 Å². The van der Waals surface area contributed by atoms with Gasteiger partial charge in [0, 0.05) is 12.7 Å². The molecule has 0 bridgehead atoms. The third-order valence-corrected chi connectivity index (χ3v) is 9.67. The van der Waals surface area contributed by atoms with Gasteiger partial charge in [0.1, 0.15) is 6.17 Å². The van der Waals surface area contributed by atoms with Gasteiger partial charge in [0.25, 0.3) is 0 Å². The fourth-order valence-electron chi connectivity index (χ4n) is 7.10. The lowest BCUT2D eigenvalue weighted by molar-refractivity contribution is 0.480. The number of nitrogens with one attached hydrogen (secondary N) is 2. The molecule has 4 unspecified atom stereocenters. The van der Waals surface area contributed by atoms with Gasteiger partial charge < -0.3 is 10.6 Å². The van der Waals surface area contributed by atoms with Crippen molar-refractivity contribution in [1.82, 2.24) is 10.6 Å². The van der Waals surface area contributed by atoms with Gasteiger partial charge in [-0.05, 0) is 82.4 Å². The molecule has 0 amide bonds. The first kappa shape index (κ1) is 35.8. The van der Waals surface area contributed by atoms with E-state index in [2.05, 4.69) is 163 Å². The van der Waals surface area contributed by atoms with Crippen LogP contribution in [0.25, 0.3) is 5.57 Å². The summed E-state index contributed by atoms with van der Waals surface area (Å²) in [7, 11) is 2.19. The average molecular weight is 651 g/mol. The van der Waals surface area contributed by atoms with Gasteiger partial charge in [0.2, 0.25) is 0 Å². The number of rotatable bonds is 8. The standard InChI is InChI=1S/C41H42N4.2C2H6/c1-28-12-6-9-17-35(28)38(31-13-4-3-5-14-31)43-40(42)33-26-22-30(23-27-33)29-20-24-32(25-21-29)39-36-18-10-11-19-37(36)45(2)41(44-39)34-15-7-8-16-34;2*1-2/h3-15,17-22,24-26,38-41,43-44H,16,23,27,42H2,1-2H3;2*1-2H3. The van der Waals surface area contributed by atoms with Crippen molar-refractivity contribution in [3.63, 3.8) is 0 Å². The number of hydrogen-bond donors (Lipinski definition) is 3. The van der Waals surface area contributed by atoms with Gasteiger partial charge in [-0.15, -0.1) is 0 Å². The van der Waals surface area contributed by atoms with Crippen molar-refractivity contribution in [3.8, 4) is 0 Å². The monoisotopic (exact) mass is 650 g/mol. The van der Waals surface area contributed by atoms with E-state index in [0.717, 1.165) is 19.3 Å². The van der Waals surface area contributed by atoms with E-state index < -0.39 is 0 Å². The first-order valence-electron chi connectivity index (χ1n) is 18.1. The van der Waals surface area contributed by atoms with E-state index in [1.165, 1.54) is 55.8 Å². The van der Waals surface area contributed by atoms with Crippen molar-refractivity contribution in [2.45, 2.75) is 78.3 Å². The van der Waals surface area contributed by atoms with Crippen LogP contribution >= 0.6 is 0 Å².